The fourth-order valence-electron chi connectivity index (χ4n) is 6.63. The molecule has 236 valence electrons. The Morgan fingerprint density at radius 1 is 0.282 bits per heavy atom. The van der Waals surface area contributed by atoms with Crippen LogP contribution in [-0.2, 0) is 4.74 Å². The highest BCUT2D eigenvalue weighted by atomic mass is 16.5. The highest BCUT2D eigenvalue weighted by Crippen LogP contribution is 2.38. The first-order valence-corrected chi connectivity index (χ1v) is 18.8. The van der Waals surface area contributed by atoms with Crippen LogP contribution in [0.3, 0.4) is 0 Å². The Bertz CT molecular complexity index is 419. The van der Waals surface area contributed by atoms with Crippen LogP contribution in [0.5, 0.6) is 0 Å². The van der Waals surface area contributed by atoms with Gasteiger partial charge in [-0.1, -0.05) is 196 Å². The number of rotatable bonds is 32. The van der Waals surface area contributed by atoms with Crippen molar-refractivity contribution in [3.8, 4) is 0 Å². The molecule has 0 atom stereocenters. The number of ether oxygens (including phenoxy) is 1. The van der Waals surface area contributed by atoms with Crippen molar-refractivity contribution in [2.75, 3.05) is 0 Å². The maximum absolute atomic E-state index is 7.22. The lowest BCUT2D eigenvalue weighted by molar-refractivity contribution is -0.173. The van der Waals surface area contributed by atoms with Gasteiger partial charge in [-0.05, 0) is 38.5 Å². The summed E-state index contributed by atoms with van der Waals surface area (Å²) < 4.78 is 7.22. The third kappa shape index (κ3) is 21.3. The lowest BCUT2D eigenvalue weighted by Crippen LogP contribution is -2.44. The highest BCUT2D eigenvalue weighted by molar-refractivity contribution is 4.87. The van der Waals surface area contributed by atoms with Crippen LogP contribution in [-0.4, -0.2) is 11.2 Å². The Balaban J connectivity index is 4.17. The van der Waals surface area contributed by atoms with Crippen molar-refractivity contribution in [1.29, 1.82) is 0 Å². The molecule has 0 rings (SSSR count). The normalized spacial score (nSPS) is 12.5. The molecule has 0 heterocycles. The average Bonchev–Trinajstić information content (AvgIpc) is 2.97. The molecule has 1 nitrogen and oxygen atoms in total. The summed E-state index contributed by atoms with van der Waals surface area (Å²) >= 11 is 0. The minimum absolute atomic E-state index is 0.0988. The van der Waals surface area contributed by atoms with Crippen molar-refractivity contribution in [3.05, 3.63) is 0 Å². The van der Waals surface area contributed by atoms with E-state index < -0.39 is 0 Å². The fraction of sp³-hybridized carbons (Fsp3) is 1.00. The molecule has 0 saturated carbocycles. The summed E-state index contributed by atoms with van der Waals surface area (Å²) in [6.45, 7) is 14.1. The zero-order valence-corrected chi connectivity index (χ0v) is 28.6. The second kappa shape index (κ2) is 28.1. The van der Waals surface area contributed by atoms with Crippen molar-refractivity contribution in [1.82, 2.24) is 0 Å². The summed E-state index contributed by atoms with van der Waals surface area (Å²) in [5.41, 5.74) is 0.198. The van der Waals surface area contributed by atoms with Gasteiger partial charge in [-0.15, -0.1) is 0 Å². The first kappa shape index (κ1) is 39.0. The van der Waals surface area contributed by atoms with Crippen LogP contribution in [0.1, 0.15) is 234 Å². The maximum atomic E-state index is 7.22. The standard InChI is InChI=1S/C38H78O/c1-7-13-15-17-19-21-23-25-27-29-31-33-35-37(9-3,10-4)39-38(11-5,12-6)36-34-32-30-28-26-24-22-20-18-16-14-8-2/h7-36H2,1-6H3. The molecule has 0 radical (unpaired) electrons. The molecule has 0 aliphatic carbocycles. The second-order valence-corrected chi connectivity index (χ2v) is 13.2. The summed E-state index contributed by atoms with van der Waals surface area (Å²) in [6.07, 6.45) is 41.4. The molecule has 1 heteroatoms. The quantitative estimate of drug-likeness (QED) is 0.0757. The third-order valence-corrected chi connectivity index (χ3v) is 9.98. The predicted molar refractivity (Wildman–Crippen MR) is 179 cm³/mol. The SMILES string of the molecule is CCCCCCCCCCCCCCC(CC)(CC)OC(CC)(CC)CCCCCCCCCCCCCC. The molecule has 39 heavy (non-hydrogen) atoms. The molecule has 0 unspecified atom stereocenters. The predicted octanol–water partition coefficient (Wildman–Crippen LogP) is 14.3. The van der Waals surface area contributed by atoms with E-state index in [0.717, 1.165) is 0 Å². The van der Waals surface area contributed by atoms with Gasteiger partial charge in [0.15, 0.2) is 0 Å². The highest BCUT2D eigenvalue weighted by Gasteiger charge is 2.37. The molecular formula is C38H78O. The molecule has 0 aliphatic rings. The van der Waals surface area contributed by atoms with E-state index in [1.165, 1.54) is 193 Å². The zero-order valence-electron chi connectivity index (χ0n) is 28.6. The van der Waals surface area contributed by atoms with Gasteiger partial charge in [0.25, 0.3) is 0 Å². The van der Waals surface area contributed by atoms with E-state index in [2.05, 4.69) is 41.5 Å². The topological polar surface area (TPSA) is 9.23 Å². The molecular weight excluding hydrogens is 472 g/mol. The molecule has 0 aliphatic heterocycles. The van der Waals surface area contributed by atoms with Gasteiger partial charge in [0.2, 0.25) is 0 Å². The van der Waals surface area contributed by atoms with Crippen LogP contribution in [0.25, 0.3) is 0 Å². The summed E-state index contributed by atoms with van der Waals surface area (Å²) in [5, 5.41) is 0. The van der Waals surface area contributed by atoms with Crippen LogP contribution in [0, 0.1) is 0 Å². The van der Waals surface area contributed by atoms with Crippen LogP contribution in [0.4, 0.5) is 0 Å². The first-order valence-electron chi connectivity index (χ1n) is 18.8. The minimum atomic E-state index is 0.0988. The van der Waals surface area contributed by atoms with Crippen LogP contribution < -0.4 is 0 Å². The van der Waals surface area contributed by atoms with E-state index >= 15 is 0 Å². The molecule has 0 N–H and O–H groups in total. The summed E-state index contributed by atoms with van der Waals surface area (Å²) in [4.78, 5) is 0. The van der Waals surface area contributed by atoms with E-state index in [9.17, 15) is 0 Å². The first-order chi connectivity index (χ1) is 19.1. The van der Waals surface area contributed by atoms with Gasteiger partial charge in [-0.25, -0.2) is 0 Å². The lowest BCUT2D eigenvalue weighted by atomic mass is 9.85. The number of hydrogen-bond donors (Lipinski definition) is 0. The molecule has 0 amide bonds. The van der Waals surface area contributed by atoms with Gasteiger partial charge in [-0.3, -0.25) is 0 Å². The Labute approximate surface area is 249 Å². The van der Waals surface area contributed by atoms with Crippen LogP contribution >= 0.6 is 0 Å². The van der Waals surface area contributed by atoms with Gasteiger partial charge in [0.1, 0.15) is 0 Å². The Hall–Kier alpha value is -0.0400. The van der Waals surface area contributed by atoms with E-state index in [1.54, 1.807) is 0 Å². The van der Waals surface area contributed by atoms with Gasteiger partial charge in [0.05, 0.1) is 11.2 Å². The fourth-order valence-corrected chi connectivity index (χ4v) is 6.63. The van der Waals surface area contributed by atoms with Gasteiger partial charge < -0.3 is 4.74 Å². The van der Waals surface area contributed by atoms with Crippen molar-refractivity contribution in [2.45, 2.75) is 245 Å². The Kier molecular flexibility index (Phi) is 28.1. The van der Waals surface area contributed by atoms with Crippen LogP contribution in [0.15, 0.2) is 0 Å². The summed E-state index contributed by atoms with van der Waals surface area (Å²) in [5.74, 6) is 0. The smallest absolute Gasteiger partial charge is 0.0684 e. The monoisotopic (exact) mass is 551 g/mol. The van der Waals surface area contributed by atoms with E-state index in [-0.39, 0.29) is 11.2 Å². The molecule has 0 aromatic heterocycles. The van der Waals surface area contributed by atoms with Crippen LogP contribution in [0.2, 0.25) is 0 Å². The van der Waals surface area contributed by atoms with Gasteiger partial charge in [0, 0.05) is 0 Å². The Morgan fingerprint density at radius 2 is 0.487 bits per heavy atom. The van der Waals surface area contributed by atoms with Gasteiger partial charge >= 0.3 is 0 Å². The molecule has 0 saturated heterocycles. The molecule has 0 fully saturated rings. The molecule has 0 aromatic carbocycles. The number of unbranched alkanes of at least 4 members (excludes halogenated alkanes) is 22. The molecule has 0 bridgehead atoms. The number of hydrogen-bond acceptors (Lipinski definition) is 1. The van der Waals surface area contributed by atoms with Gasteiger partial charge in [-0.2, -0.15) is 0 Å². The lowest BCUT2D eigenvalue weighted by Gasteiger charge is -2.44. The van der Waals surface area contributed by atoms with E-state index in [0.29, 0.717) is 0 Å². The minimum Gasteiger partial charge on any atom is -0.369 e. The summed E-state index contributed by atoms with van der Waals surface area (Å²) in [7, 11) is 0. The van der Waals surface area contributed by atoms with Crippen molar-refractivity contribution in [2.24, 2.45) is 0 Å². The van der Waals surface area contributed by atoms with E-state index in [4.69, 9.17) is 4.74 Å². The largest absolute Gasteiger partial charge is 0.369 e. The molecule has 0 spiro atoms. The van der Waals surface area contributed by atoms with Crippen molar-refractivity contribution in [3.63, 3.8) is 0 Å². The second-order valence-electron chi connectivity index (χ2n) is 13.2. The molecule has 0 aromatic rings. The summed E-state index contributed by atoms with van der Waals surface area (Å²) in [6, 6.07) is 0. The Morgan fingerprint density at radius 3 is 0.692 bits per heavy atom. The maximum Gasteiger partial charge on any atom is 0.0684 e. The zero-order chi connectivity index (χ0) is 28.9. The average molecular weight is 551 g/mol. The van der Waals surface area contributed by atoms with Crippen molar-refractivity contribution < 1.29 is 4.74 Å². The van der Waals surface area contributed by atoms with Crippen molar-refractivity contribution >= 4 is 0 Å². The third-order valence-electron chi connectivity index (χ3n) is 9.98. The van der Waals surface area contributed by atoms with E-state index in [1.807, 2.05) is 0 Å².